The lowest BCUT2D eigenvalue weighted by atomic mass is 10.1. The quantitative estimate of drug-likeness (QED) is 0.386. The van der Waals surface area contributed by atoms with Crippen molar-refractivity contribution in [2.45, 2.75) is 58.3 Å². The highest BCUT2D eigenvalue weighted by Gasteiger charge is 2.19. The predicted octanol–water partition coefficient (Wildman–Crippen LogP) is 3.12. The van der Waals surface area contributed by atoms with E-state index in [2.05, 4.69) is 37.3 Å². The molecular formula is C24H41N3O5S. The van der Waals surface area contributed by atoms with Gasteiger partial charge in [-0.05, 0) is 44.0 Å². The van der Waals surface area contributed by atoms with Gasteiger partial charge in [0.05, 0.1) is 4.90 Å². The van der Waals surface area contributed by atoms with E-state index in [0.717, 1.165) is 45.6 Å². The lowest BCUT2D eigenvalue weighted by Gasteiger charge is -2.28. The normalized spacial score (nSPS) is 13.5. The molecule has 9 heteroatoms. The number of amides is 1. The van der Waals surface area contributed by atoms with Gasteiger partial charge in [-0.1, -0.05) is 34.1 Å². The minimum absolute atomic E-state index is 0.166. The second kappa shape index (κ2) is 13.8. The van der Waals surface area contributed by atoms with Crippen LogP contribution in [0.15, 0.2) is 23.1 Å². The summed E-state index contributed by atoms with van der Waals surface area (Å²) in [7, 11) is -3.61. The Bertz CT molecular complexity index is 841. The Kier molecular flexibility index (Phi) is 11.4. The lowest BCUT2D eigenvalue weighted by molar-refractivity contribution is -0.132. The zero-order valence-electron chi connectivity index (χ0n) is 20.6. The zero-order valence-corrected chi connectivity index (χ0v) is 21.5. The maximum Gasteiger partial charge on any atom is 0.240 e. The van der Waals surface area contributed by atoms with E-state index in [1.807, 2.05) is 4.90 Å². The van der Waals surface area contributed by atoms with Crippen molar-refractivity contribution in [2.75, 3.05) is 52.5 Å². The molecule has 1 aromatic carbocycles. The van der Waals surface area contributed by atoms with Gasteiger partial charge in [0.2, 0.25) is 15.9 Å². The van der Waals surface area contributed by atoms with Crippen molar-refractivity contribution in [2.24, 2.45) is 5.92 Å². The molecule has 188 valence electrons. The van der Waals surface area contributed by atoms with Crippen molar-refractivity contribution in [1.82, 2.24) is 14.5 Å². The van der Waals surface area contributed by atoms with E-state index >= 15 is 0 Å². The molecule has 0 bridgehead atoms. The van der Waals surface area contributed by atoms with Crippen molar-refractivity contribution in [3.8, 4) is 11.5 Å². The predicted molar refractivity (Wildman–Crippen MR) is 130 cm³/mol. The SMILES string of the molecule is CCN(CC)CCN(CC(C)C)C(=O)CCCCCNS(=O)(=O)c1ccc2c(c1)OCCO2. The van der Waals surface area contributed by atoms with Gasteiger partial charge in [0.15, 0.2) is 11.5 Å². The number of benzene rings is 1. The summed E-state index contributed by atoms with van der Waals surface area (Å²) < 4.78 is 38.7. The number of carbonyl (C=O) groups is 1. The van der Waals surface area contributed by atoms with E-state index in [9.17, 15) is 13.2 Å². The first kappa shape index (κ1) is 27.4. The number of nitrogens with one attached hydrogen (secondary N) is 1. The summed E-state index contributed by atoms with van der Waals surface area (Å²) in [6.45, 7) is 14.2. The topological polar surface area (TPSA) is 88.2 Å². The number of ether oxygens (including phenoxy) is 2. The molecule has 0 aromatic heterocycles. The summed E-state index contributed by atoms with van der Waals surface area (Å²) in [5.41, 5.74) is 0. The molecule has 0 spiro atoms. The third kappa shape index (κ3) is 9.14. The first-order chi connectivity index (χ1) is 15.8. The average molecular weight is 484 g/mol. The van der Waals surface area contributed by atoms with Crippen molar-refractivity contribution in [1.29, 1.82) is 0 Å². The van der Waals surface area contributed by atoms with Crippen LogP contribution < -0.4 is 14.2 Å². The molecule has 0 aliphatic carbocycles. The minimum Gasteiger partial charge on any atom is -0.486 e. The Morgan fingerprint density at radius 1 is 1.03 bits per heavy atom. The van der Waals surface area contributed by atoms with Gasteiger partial charge >= 0.3 is 0 Å². The van der Waals surface area contributed by atoms with Gasteiger partial charge in [-0.2, -0.15) is 0 Å². The van der Waals surface area contributed by atoms with Crippen LogP contribution in [-0.4, -0.2) is 76.6 Å². The number of sulfonamides is 1. The second-order valence-electron chi connectivity index (χ2n) is 8.77. The first-order valence-electron chi connectivity index (χ1n) is 12.2. The average Bonchev–Trinajstić information content (AvgIpc) is 2.80. The van der Waals surface area contributed by atoms with Gasteiger partial charge in [-0.15, -0.1) is 0 Å². The number of fused-ring (bicyclic) bond motifs is 1. The maximum absolute atomic E-state index is 12.7. The summed E-state index contributed by atoms with van der Waals surface area (Å²) in [4.78, 5) is 17.2. The highest BCUT2D eigenvalue weighted by Crippen LogP contribution is 2.32. The highest BCUT2D eigenvalue weighted by molar-refractivity contribution is 7.89. The fourth-order valence-electron chi connectivity index (χ4n) is 3.78. The van der Waals surface area contributed by atoms with Gasteiger partial charge in [-0.3, -0.25) is 4.79 Å². The molecule has 0 unspecified atom stereocenters. The largest absolute Gasteiger partial charge is 0.486 e. The second-order valence-corrected chi connectivity index (χ2v) is 10.5. The molecule has 1 amide bonds. The van der Waals surface area contributed by atoms with Crippen LogP contribution in [0.25, 0.3) is 0 Å². The van der Waals surface area contributed by atoms with Crippen LogP contribution in [0.1, 0.15) is 53.4 Å². The van der Waals surface area contributed by atoms with E-state index in [1.165, 1.54) is 12.1 Å². The molecule has 2 rings (SSSR count). The van der Waals surface area contributed by atoms with Crippen LogP contribution in [0, 0.1) is 5.92 Å². The molecule has 1 aliphatic heterocycles. The Balaban J connectivity index is 1.73. The van der Waals surface area contributed by atoms with Crippen LogP contribution >= 0.6 is 0 Å². The molecule has 1 aliphatic rings. The van der Waals surface area contributed by atoms with E-state index in [-0.39, 0.29) is 10.8 Å². The highest BCUT2D eigenvalue weighted by atomic mass is 32.2. The number of likely N-dealkylation sites (N-methyl/N-ethyl adjacent to an activating group) is 1. The van der Waals surface area contributed by atoms with Crippen molar-refractivity contribution in [3.05, 3.63) is 18.2 Å². The molecule has 0 radical (unpaired) electrons. The summed E-state index contributed by atoms with van der Waals surface area (Å²) in [6.07, 6.45) is 2.73. The van der Waals surface area contributed by atoms with Crippen LogP contribution in [0.5, 0.6) is 11.5 Å². The number of nitrogens with zero attached hydrogens (tertiary/aromatic N) is 2. The van der Waals surface area contributed by atoms with Crippen LogP contribution in [0.4, 0.5) is 0 Å². The molecule has 0 saturated carbocycles. The number of hydrogen-bond donors (Lipinski definition) is 1. The van der Waals surface area contributed by atoms with E-state index in [4.69, 9.17) is 9.47 Å². The molecular weight excluding hydrogens is 442 g/mol. The Morgan fingerprint density at radius 2 is 1.73 bits per heavy atom. The van der Waals surface area contributed by atoms with Gasteiger partial charge in [0.1, 0.15) is 13.2 Å². The third-order valence-electron chi connectivity index (χ3n) is 5.70. The van der Waals surface area contributed by atoms with Gasteiger partial charge < -0.3 is 19.3 Å². The molecule has 0 saturated heterocycles. The Morgan fingerprint density at radius 3 is 2.39 bits per heavy atom. The first-order valence-corrected chi connectivity index (χ1v) is 13.6. The fraction of sp³-hybridized carbons (Fsp3) is 0.708. The summed E-state index contributed by atoms with van der Waals surface area (Å²) in [5, 5.41) is 0. The number of carbonyl (C=O) groups excluding carboxylic acids is 1. The standard InChI is InChI=1S/C24H41N3O5S/c1-5-26(6-2)14-15-27(19-20(3)4)24(28)10-8-7-9-13-25-33(29,30)21-11-12-22-23(18-21)32-17-16-31-22/h11-12,18,20,25H,5-10,13-17,19H2,1-4H3. The van der Waals surface area contributed by atoms with Gasteiger partial charge in [-0.25, -0.2) is 13.1 Å². The monoisotopic (exact) mass is 483 g/mol. The summed E-state index contributed by atoms with van der Waals surface area (Å²) >= 11 is 0. The zero-order chi connectivity index (χ0) is 24.3. The van der Waals surface area contributed by atoms with Crippen LogP contribution in [0.3, 0.4) is 0 Å². The number of unbranched alkanes of at least 4 members (excludes halogenated alkanes) is 2. The molecule has 1 N–H and O–H groups in total. The number of hydrogen-bond acceptors (Lipinski definition) is 6. The van der Waals surface area contributed by atoms with Gasteiger partial charge in [0, 0.05) is 38.7 Å². The molecule has 1 heterocycles. The molecule has 0 fully saturated rings. The van der Waals surface area contributed by atoms with E-state index in [0.29, 0.717) is 50.0 Å². The summed E-state index contributed by atoms with van der Waals surface area (Å²) in [5.74, 6) is 1.64. The smallest absolute Gasteiger partial charge is 0.240 e. The van der Waals surface area contributed by atoms with Crippen LogP contribution in [0.2, 0.25) is 0 Å². The molecule has 0 atom stereocenters. The van der Waals surface area contributed by atoms with Crippen molar-refractivity contribution < 1.29 is 22.7 Å². The van der Waals surface area contributed by atoms with E-state index < -0.39 is 10.0 Å². The Labute approximate surface area is 199 Å². The lowest BCUT2D eigenvalue weighted by Crippen LogP contribution is -2.40. The Hall–Kier alpha value is -1.84. The number of rotatable bonds is 15. The fourth-order valence-corrected chi connectivity index (χ4v) is 4.87. The van der Waals surface area contributed by atoms with E-state index in [1.54, 1.807) is 6.07 Å². The summed E-state index contributed by atoms with van der Waals surface area (Å²) in [6, 6.07) is 4.64. The van der Waals surface area contributed by atoms with Crippen LogP contribution in [-0.2, 0) is 14.8 Å². The van der Waals surface area contributed by atoms with Gasteiger partial charge in [0.25, 0.3) is 0 Å². The minimum atomic E-state index is -3.61. The molecule has 33 heavy (non-hydrogen) atoms. The third-order valence-corrected chi connectivity index (χ3v) is 7.16. The molecule has 8 nitrogen and oxygen atoms in total. The van der Waals surface area contributed by atoms with Crippen molar-refractivity contribution >= 4 is 15.9 Å². The maximum atomic E-state index is 12.7. The van der Waals surface area contributed by atoms with Crippen molar-refractivity contribution in [3.63, 3.8) is 0 Å². The molecule has 1 aromatic rings.